The third kappa shape index (κ3) is 7.76. The van der Waals surface area contributed by atoms with Crippen LogP contribution in [0.4, 0.5) is 0 Å². The summed E-state index contributed by atoms with van der Waals surface area (Å²) in [5, 5.41) is 9.69. The fourth-order valence-electron chi connectivity index (χ4n) is 4.90. The van der Waals surface area contributed by atoms with Gasteiger partial charge in [0, 0.05) is 0 Å². The Morgan fingerprint density at radius 1 is 1.06 bits per heavy atom. The van der Waals surface area contributed by atoms with Crippen molar-refractivity contribution in [1.82, 2.24) is 10.9 Å². The number of amides is 2. The van der Waals surface area contributed by atoms with Gasteiger partial charge in [0.25, 0.3) is 0 Å². The number of nitrogens with one attached hydrogen (secondary N) is 2. The van der Waals surface area contributed by atoms with E-state index in [0.29, 0.717) is 6.42 Å². The summed E-state index contributed by atoms with van der Waals surface area (Å²) in [5.41, 5.74) is 10.3. The number of hydrogen-bond donors (Lipinski definition) is 5. The first-order chi connectivity index (χ1) is 16.0. The minimum Gasteiger partial charge on any atom is -0.330 e. The van der Waals surface area contributed by atoms with E-state index in [9.17, 15) is 23.2 Å². The molecule has 1 unspecified atom stereocenters. The molecule has 0 saturated heterocycles. The molecule has 0 aliphatic carbocycles. The van der Waals surface area contributed by atoms with Gasteiger partial charge in [-0.25, -0.2) is 19.7 Å². The van der Waals surface area contributed by atoms with Crippen molar-refractivity contribution >= 4 is 21.7 Å². The molecule has 3 atom stereocenters. The Kier molecular flexibility index (Phi) is 12.2. The number of sulfone groups is 1. The second-order valence-electron chi connectivity index (χ2n) is 9.81. The van der Waals surface area contributed by atoms with Crippen LogP contribution in [0.2, 0.25) is 0 Å². The number of rotatable bonds is 15. The van der Waals surface area contributed by atoms with Gasteiger partial charge < -0.3 is 5.73 Å². The average Bonchev–Trinajstić information content (AvgIpc) is 2.79. The number of hydroxylamine groups is 1. The van der Waals surface area contributed by atoms with Crippen LogP contribution in [0.1, 0.15) is 58.9 Å². The van der Waals surface area contributed by atoms with Crippen molar-refractivity contribution in [2.24, 2.45) is 35.2 Å². The zero-order valence-corrected chi connectivity index (χ0v) is 21.6. The molecule has 34 heavy (non-hydrogen) atoms. The summed E-state index contributed by atoms with van der Waals surface area (Å²) < 4.78 is 26.5. The Morgan fingerprint density at radius 2 is 1.68 bits per heavy atom. The largest absolute Gasteiger partial charge is 0.330 e. The molecular formula is C24H42N4O5S. The van der Waals surface area contributed by atoms with E-state index in [1.807, 2.05) is 58.0 Å². The van der Waals surface area contributed by atoms with Gasteiger partial charge in [0.05, 0.1) is 22.3 Å². The standard InChI is InChI=1S/C24H42N4O5S/c1-17(2)15-20(22(29)27-26)21(23(30)28-31)24(16-18(3)4,34(32,33)14-8-13-25)12-11-19-9-6-5-7-10-19/h5-7,9-10,17-18,20-21,31H,8,11-16,25-26H2,1-4H3,(H,27,29)(H,28,30)/t20-,21+,24?/m1/s1. The van der Waals surface area contributed by atoms with Crippen LogP contribution in [0.5, 0.6) is 0 Å². The Labute approximate surface area is 203 Å². The van der Waals surface area contributed by atoms with Crippen molar-refractivity contribution in [2.75, 3.05) is 12.3 Å². The number of hydrogen-bond acceptors (Lipinski definition) is 7. The van der Waals surface area contributed by atoms with Crippen LogP contribution in [0.25, 0.3) is 0 Å². The van der Waals surface area contributed by atoms with Gasteiger partial charge in [-0.15, -0.1) is 0 Å². The maximum atomic E-state index is 14.1. The van der Waals surface area contributed by atoms with E-state index in [0.717, 1.165) is 5.56 Å². The molecule has 0 heterocycles. The summed E-state index contributed by atoms with van der Waals surface area (Å²) >= 11 is 0. The topological polar surface area (TPSA) is 165 Å². The van der Waals surface area contributed by atoms with Crippen LogP contribution in [0, 0.1) is 23.7 Å². The highest BCUT2D eigenvalue weighted by Crippen LogP contribution is 2.44. The number of nitrogens with two attached hydrogens (primary N) is 2. The highest BCUT2D eigenvalue weighted by atomic mass is 32.2. The fourth-order valence-corrected chi connectivity index (χ4v) is 7.51. The Morgan fingerprint density at radius 3 is 2.15 bits per heavy atom. The quantitative estimate of drug-likeness (QED) is 0.107. The van der Waals surface area contributed by atoms with Gasteiger partial charge in [0.15, 0.2) is 9.84 Å². The maximum absolute atomic E-state index is 14.1. The summed E-state index contributed by atoms with van der Waals surface area (Å²) in [6.45, 7) is 7.68. The normalized spacial score (nSPS) is 15.6. The summed E-state index contributed by atoms with van der Waals surface area (Å²) in [5.74, 6) is 1.15. The van der Waals surface area contributed by atoms with E-state index in [1.165, 1.54) is 0 Å². The molecule has 9 nitrogen and oxygen atoms in total. The van der Waals surface area contributed by atoms with Crippen molar-refractivity contribution in [3.8, 4) is 0 Å². The zero-order chi connectivity index (χ0) is 25.9. The third-order valence-corrected chi connectivity index (χ3v) is 8.93. The molecule has 7 N–H and O–H groups in total. The lowest BCUT2D eigenvalue weighted by atomic mass is 9.71. The molecule has 0 aliphatic rings. The molecule has 0 radical (unpaired) electrons. The Hall–Kier alpha value is -2.01. The molecule has 0 aromatic heterocycles. The molecule has 0 spiro atoms. The van der Waals surface area contributed by atoms with E-state index in [2.05, 4.69) is 5.43 Å². The van der Waals surface area contributed by atoms with Gasteiger partial charge in [0.2, 0.25) is 11.8 Å². The van der Waals surface area contributed by atoms with Crippen molar-refractivity contribution in [3.63, 3.8) is 0 Å². The summed E-state index contributed by atoms with van der Waals surface area (Å²) in [6.07, 6.45) is 1.06. The van der Waals surface area contributed by atoms with Gasteiger partial charge >= 0.3 is 0 Å². The highest BCUT2D eigenvalue weighted by Gasteiger charge is 2.56. The molecule has 0 fully saturated rings. The van der Waals surface area contributed by atoms with Crippen LogP contribution in [0.3, 0.4) is 0 Å². The SMILES string of the molecule is CC(C)C[C@@H](C(=O)NN)[C@@H](C(=O)NO)C(CCc1ccccc1)(CC(C)C)S(=O)(=O)CCCN. The second kappa shape index (κ2) is 13.8. The minimum absolute atomic E-state index is 0.0334. The lowest BCUT2D eigenvalue weighted by Crippen LogP contribution is -2.59. The van der Waals surface area contributed by atoms with E-state index in [4.69, 9.17) is 11.6 Å². The van der Waals surface area contributed by atoms with E-state index in [-0.39, 0.29) is 49.8 Å². The van der Waals surface area contributed by atoms with Gasteiger partial charge in [0.1, 0.15) is 0 Å². The summed E-state index contributed by atoms with van der Waals surface area (Å²) in [6, 6.07) is 9.39. The van der Waals surface area contributed by atoms with Gasteiger partial charge in [-0.3, -0.25) is 20.2 Å². The number of carbonyl (C=O) groups is 2. The lowest BCUT2D eigenvalue weighted by Gasteiger charge is -2.43. The molecule has 0 bridgehead atoms. The van der Waals surface area contributed by atoms with Crippen LogP contribution < -0.4 is 22.5 Å². The van der Waals surface area contributed by atoms with Crippen LogP contribution in [0.15, 0.2) is 30.3 Å². The summed E-state index contributed by atoms with van der Waals surface area (Å²) in [7, 11) is -3.96. The van der Waals surface area contributed by atoms with Gasteiger partial charge in [-0.1, -0.05) is 58.0 Å². The molecule has 10 heteroatoms. The number of hydrazine groups is 1. The molecule has 1 aromatic rings. The molecule has 194 valence electrons. The van der Waals surface area contributed by atoms with Crippen molar-refractivity contribution in [1.29, 1.82) is 0 Å². The monoisotopic (exact) mass is 498 g/mol. The van der Waals surface area contributed by atoms with Gasteiger partial charge in [-0.05, 0) is 56.0 Å². The molecule has 1 aromatic carbocycles. The molecule has 1 rings (SSSR count). The highest BCUT2D eigenvalue weighted by molar-refractivity contribution is 7.92. The fraction of sp³-hybridized carbons (Fsp3) is 0.667. The van der Waals surface area contributed by atoms with E-state index >= 15 is 0 Å². The van der Waals surface area contributed by atoms with Crippen LogP contribution >= 0.6 is 0 Å². The van der Waals surface area contributed by atoms with Crippen molar-refractivity contribution in [2.45, 2.75) is 64.5 Å². The number of carbonyl (C=O) groups excluding carboxylic acids is 2. The second-order valence-corrected chi connectivity index (χ2v) is 12.3. The predicted molar refractivity (Wildman–Crippen MR) is 133 cm³/mol. The van der Waals surface area contributed by atoms with Crippen molar-refractivity contribution in [3.05, 3.63) is 35.9 Å². The molecule has 0 saturated carbocycles. The molecule has 0 aliphatic heterocycles. The Bertz CT molecular complexity index is 877. The van der Waals surface area contributed by atoms with E-state index < -0.39 is 38.2 Å². The Balaban J connectivity index is 3.85. The number of benzene rings is 1. The lowest BCUT2D eigenvalue weighted by molar-refractivity contribution is -0.143. The van der Waals surface area contributed by atoms with Crippen LogP contribution in [-0.2, 0) is 25.8 Å². The third-order valence-electron chi connectivity index (χ3n) is 6.24. The summed E-state index contributed by atoms with van der Waals surface area (Å²) in [4.78, 5) is 26.2. The first kappa shape index (κ1) is 30.0. The number of aryl methyl sites for hydroxylation is 1. The first-order valence-electron chi connectivity index (χ1n) is 11.9. The van der Waals surface area contributed by atoms with Gasteiger partial charge in [-0.2, -0.15) is 0 Å². The van der Waals surface area contributed by atoms with E-state index in [1.54, 1.807) is 5.48 Å². The van der Waals surface area contributed by atoms with Crippen molar-refractivity contribution < 1.29 is 23.2 Å². The predicted octanol–water partition coefficient (Wildman–Crippen LogP) is 1.94. The molecular weight excluding hydrogens is 456 g/mol. The minimum atomic E-state index is -3.96. The zero-order valence-electron chi connectivity index (χ0n) is 20.8. The van der Waals surface area contributed by atoms with Crippen LogP contribution in [-0.4, -0.2) is 42.5 Å². The first-order valence-corrected chi connectivity index (χ1v) is 13.5. The molecule has 2 amide bonds. The maximum Gasteiger partial charge on any atom is 0.248 e. The average molecular weight is 499 g/mol. The smallest absolute Gasteiger partial charge is 0.248 e.